The van der Waals surface area contributed by atoms with E-state index in [4.69, 9.17) is 48.1 Å². The van der Waals surface area contributed by atoms with Crippen molar-refractivity contribution in [3.05, 3.63) is 95.7 Å². The molecular weight excluding hydrogens is 820 g/mol. The van der Waals surface area contributed by atoms with E-state index in [-0.39, 0.29) is 49.3 Å². The van der Waals surface area contributed by atoms with Crippen LogP contribution in [-0.2, 0) is 58.3 Å². The fraction of sp³-hybridized carbons (Fsp3) is 0.553. The molecular formula is C47H67ClN2O12. The van der Waals surface area contributed by atoms with Crippen molar-refractivity contribution >= 4 is 29.0 Å². The first-order valence-electron chi connectivity index (χ1n) is 21.3. The molecule has 0 fully saturated rings. The molecule has 0 unspecified atom stereocenters. The Kier molecular flexibility index (Phi) is 24.2. The Bertz CT molecular complexity index is 1780. The number of rotatable bonds is 33. The van der Waals surface area contributed by atoms with E-state index >= 15 is 0 Å². The van der Waals surface area contributed by atoms with Crippen molar-refractivity contribution in [1.82, 2.24) is 0 Å². The van der Waals surface area contributed by atoms with E-state index in [0.29, 0.717) is 106 Å². The average molecular weight is 888 g/mol. The molecule has 0 aliphatic carbocycles. The number of fused-ring (bicyclic) bond motifs is 2. The third-order valence-electron chi connectivity index (χ3n) is 10.4. The smallest absolute Gasteiger partial charge is 0.305 e. The van der Waals surface area contributed by atoms with Gasteiger partial charge in [0.25, 0.3) is 0 Å². The Hall–Kier alpha value is -3.96. The lowest BCUT2D eigenvalue weighted by Gasteiger charge is -2.27. The van der Waals surface area contributed by atoms with Crippen LogP contribution in [-0.4, -0.2) is 151 Å². The van der Waals surface area contributed by atoms with Crippen LogP contribution in [0.5, 0.6) is 0 Å². The van der Waals surface area contributed by atoms with Crippen molar-refractivity contribution in [3.8, 4) is 0 Å². The van der Waals surface area contributed by atoms with Crippen LogP contribution in [0.2, 0.25) is 0 Å². The van der Waals surface area contributed by atoms with Gasteiger partial charge in [-0.3, -0.25) is 9.59 Å². The summed E-state index contributed by atoms with van der Waals surface area (Å²) in [6, 6.07) is 17.1. The molecule has 0 aromatic heterocycles. The van der Waals surface area contributed by atoms with Crippen LogP contribution >= 0.6 is 0 Å². The van der Waals surface area contributed by atoms with E-state index in [1.807, 2.05) is 0 Å². The fourth-order valence-electron chi connectivity index (χ4n) is 7.28. The number of carbonyl (C=O) groups is 2. The molecule has 344 valence electrons. The zero-order chi connectivity index (χ0) is 43.8. The van der Waals surface area contributed by atoms with Crippen LogP contribution < -0.4 is 17.3 Å². The van der Waals surface area contributed by atoms with Gasteiger partial charge in [-0.2, -0.15) is 4.58 Å². The van der Waals surface area contributed by atoms with E-state index in [1.165, 1.54) is 33.9 Å². The Labute approximate surface area is 373 Å². The van der Waals surface area contributed by atoms with E-state index in [2.05, 4.69) is 116 Å². The molecule has 2 heterocycles. The number of nitrogens with zero attached hydrogens (tertiary/aromatic N) is 2. The number of para-hydroxylation sites is 2. The lowest BCUT2D eigenvalue weighted by molar-refractivity contribution is -0.442. The van der Waals surface area contributed by atoms with Gasteiger partial charge in [-0.15, -0.1) is 0 Å². The van der Waals surface area contributed by atoms with Gasteiger partial charge in [0.1, 0.15) is 6.61 Å². The van der Waals surface area contributed by atoms with Crippen LogP contribution in [0.3, 0.4) is 0 Å². The van der Waals surface area contributed by atoms with Gasteiger partial charge in [-0.1, -0.05) is 68.5 Å². The lowest BCUT2D eigenvalue weighted by Crippen LogP contribution is -3.00. The molecule has 2 aliphatic rings. The van der Waals surface area contributed by atoms with Gasteiger partial charge >= 0.3 is 11.9 Å². The molecule has 2 aliphatic heterocycles. The highest BCUT2D eigenvalue weighted by atomic mass is 35.5. The summed E-state index contributed by atoms with van der Waals surface area (Å²) in [5, 5.41) is 17.3. The van der Waals surface area contributed by atoms with Crippen molar-refractivity contribution < 1.29 is 74.7 Å². The molecule has 14 nitrogen and oxygen atoms in total. The monoisotopic (exact) mass is 886 g/mol. The largest absolute Gasteiger partial charge is 1.00 e. The molecule has 15 heteroatoms. The summed E-state index contributed by atoms with van der Waals surface area (Å²) in [4.78, 5) is 23.4. The Morgan fingerprint density at radius 2 is 1.02 bits per heavy atom. The third kappa shape index (κ3) is 17.0. The maximum Gasteiger partial charge on any atom is 0.305 e. The summed E-state index contributed by atoms with van der Waals surface area (Å²) in [5.41, 5.74) is 7.00. The van der Waals surface area contributed by atoms with Gasteiger partial charge in [0.2, 0.25) is 5.69 Å². The van der Waals surface area contributed by atoms with Gasteiger partial charge < -0.3 is 65.4 Å². The van der Waals surface area contributed by atoms with E-state index < -0.39 is 11.9 Å². The molecule has 2 aromatic carbocycles. The average Bonchev–Trinajstić information content (AvgIpc) is 3.58. The third-order valence-corrected chi connectivity index (χ3v) is 10.4. The van der Waals surface area contributed by atoms with Gasteiger partial charge in [-0.25, -0.2) is 0 Å². The molecule has 0 radical (unpaired) electrons. The Balaban J connectivity index is 0.0000102. The van der Waals surface area contributed by atoms with Crippen molar-refractivity contribution in [2.45, 2.75) is 51.4 Å². The highest BCUT2D eigenvalue weighted by Crippen LogP contribution is 2.47. The number of benzene rings is 2. The summed E-state index contributed by atoms with van der Waals surface area (Å²) in [5.74, 6) is -1.75. The standard InChI is InChI=1S/C47H66N2O12.ClH/c1-46(2)38-12-8-10-14-40(38)48(20-24-56-28-32-60-36-34-58-30-26-54-22-18-44(50)51)42(46)16-6-5-7-17-43-47(3,4)39-13-9-11-15-41(39)49(43)21-25-57-29-33-61-37-35-59-31-27-55-23-19-45(52)53;/h5-17H,18-37H2,1-4H3,(H-,50,51,52,53);1H. The first kappa shape index (κ1) is 52.4. The van der Waals surface area contributed by atoms with Crippen molar-refractivity contribution in [1.29, 1.82) is 0 Å². The second kappa shape index (κ2) is 28.7. The number of aliphatic carboxylic acids is 2. The molecule has 0 spiro atoms. The summed E-state index contributed by atoms with van der Waals surface area (Å²) in [6.45, 7) is 17.1. The SMILES string of the molecule is CC1(C)C(=CC=CC=CC2=[N+](CCOCCOCCOCCOCCC(=O)O)c3ccccc3C2(C)C)N(CCOCCOCCOCCOCCC(=O)O)c2ccccc21.[Cl-]. The van der Waals surface area contributed by atoms with Gasteiger partial charge in [-0.05, 0) is 31.6 Å². The number of hydrogen-bond acceptors (Lipinski definition) is 11. The van der Waals surface area contributed by atoms with Crippen LogP contribution in [0, 0.1) is 0 Å². The van der Waals surface area contributed by atoms with Crippen molar-refractivity contribution in [2.75, 3.05) is 124 Å². The minimum absolute atomic E-state index is 0. The lowest BCUT2D eigenvalue weighted by atomic mass is 9.81. The second-order valence-electron chi connectivity index (χ2n) is 15.5. The minimum atomic E-state index is -0.875. The Morgan fingerprint density at radius 1 is 0.565 bits per heavy atom. The van der Waals surface area contributed by atoms with E-state index in [1.54, 1.807) is 0 Å². The number of halogens is 1. The van der Waals surface area contributed by atoms with Crippen molar-refractivity contribution in [3.63, 3.8) is 0 Å². The molecule has 62 heavy (non-hydrogen) atoms. The predicted octanol–water partition coefficient (Wildman–Crippen LogP) is 2.94. The second-order valence-corrected chi connectivity index (χ2v) is 15.5. The first-order chi connectivity index (χ1) is 29.5. The summed E-state index contributed by atoms with van der Waals surface area (Å²) in [7, 11) is 0. The van der Waals surface area contributed by atoms with Gasteiger partial charge in [0.05, 0.1) is 117 Å². The molecule has 0 atom stereocenters. The summed E-state index contributed by atoms with van der Waals surface area (Å²) < 4.78 is 47.0. The Morgan fingerprint density at radius 3 is 1.55 bits per heavy atom. The van der Waals surface area contributed by atoms with Crippen LogP contribution in [0.1, 0.15) is 51.7 Å². The number of carboxylic acid groups (broad SMARTS) is 2. The normalized spacial score (nSPS) is 15.8. The van der Waals surface area contributed by atoms with E-state index in [0.717, 1.165) is 0 Å². The van der Waals surface area contributed by atoms with Crippen molar-refractivity contribution in [2.24, 2.45) is 0 Å². The molecule has 0 saturated carbocycles. The minimum Gasteiger partial charge on any atom is -1.00 e. The maximum atomic E-state index is 10.5. The number of anilines is 1. The zero-order valence-electron chi connectivity index (χ0n) is 36.9. The number of hydrogen-bond donors (Lipinski definition) is 2. The van der Waals surface area contributed by atoms with E-state index in [9.17, 15) is 9.59 Å². The topological polar surface area (TPSA) is 155 Å². The highest BCUT2D eigenvalue weighted by molar-refractivity contribution is 6.03. The predicted molar refractivity (Wildman–Crippen MR) is 233 cm³/mol. The number of carboxylic acids is 2. The number of allylic oxidation sites excluding steroid dienone is 6. The molecule has 0 saturated heterocycles. The quantitative estimate of drug-likeness (QED) is 0.0615. The highest BCUT2D eigenvalue weighted by Gasteiger charge is 2.44. The summed E-state index contributed by atoms with van der Waals surface area (Å²) >= 11 is 0. The number of ether oxygens (including phenoxy) is 8. The molecule has 0 amide bonds. The van der Waals surface area contributed by atoms with Crippen LogP contribution in [0.15, 0.2) is 84.6 Å². The van der Waals surface area contributed by atoms with Gasteiger partial charge in [0.15, 0.2) is 12.3 Å². The fourth-order valence-corrected chi connectivity index (χ4v) is 7.28. The molecule has 2 aromatic rings. The van der Waals surface area contributed by atoms with Crippen LogP contribution in [0.25, 0.3) is 0 Å². The first-order valence-corrected chi connectivity index (χ1v) is 21.3. The molecule has 0 bridgehead atoms. The summed E-state index contributed by atoms with van der Waals surface area (Å²) in [6.07, 6.45) is 10.7. The maximum absolute atomic E-state index is 10.5. The zero-order valence-corrected chi connectivity index (χ0v) is 37.7. The van der Waals surface area contributed by atoms with Gasteiger partial charge in [0, 0.05) is 41.1 Å². The molecule has 4 rings (SSSR count). The molecule has 2 N–H and O–H groups in total. The van der Waals surface area contributed by atoms with Crippen LogP contribution in [0.4, 0.5) is 11.4 Å².